The summed E-state index contributed by atoms with van der Waals surface area (Å²) in [4.78, 5) is 12.6. The summed E-state index contributed by atoms with van der Waals surface area (Å²) in [5.41, 5.74) is 0.402. The minimum atomic E-state index is -4.41. The largest absolute Gasteiger partial charge is 0.434 e. The molecule has 2 N–H and O–H groups in total. The first-order valence-electron chi connectivity index (χ1n) is 9.87. The van der Waals surface area contributed by atoms with Gasteiger partial charge in [-0.25, -0.2) is 4.98 Å². The molecule has 2 heterocycles. The van der Waals surface area contributed by atoms with Gasteiger partial charge in [0, 0.05) is 56.9 Å². The van der Waals surface area contributed by atoms with Crippen molar-refractivity contribution < 1.29 is 13.2 Å². The quantitative estimate of drug-likeness (QED) is 0.317. The van der Waals surface area contributed by atoms with E-state index in [-0.39, 0.29) is 30.5 Å². The lowest BCUT2D eigenvalue weighted by Gasteiger charge is -2.39. The van der Waals surface area contributed by atoms with E-state index in [0.29, 0.717) is 23.6 Å². The number of piperazine rings is 1. The van der Waals surface area contributed by atoms with Crippen molar-refractivity contribution in [2.75, 3.05) is 44.7 Å². The summed E-state index contributed by atoms with van der Waals surface area (Å²) in [5, 5.41) is 7.69. The molecule has 1 aliphatic heterocycles. The van der Waals surface area contributed by atoms with Crippen molar-refractivity contribution in [2.45, 2.75) is 25.7 Å². The Morgan fingerprint density at radius 1 is 1.16 bits per heavy atom. The van der Waals surface area contributed by atoms with Crippen LogP contribution < -0.4 is 15.5 Å². The number of rotatable bonds is 6. The molecule has 0 radical (unpaired) electrons. The van der Waals surface area contributed by atoms with E-state index in [1.807, 2.05) is 6.07 Å². The molecule has 1 aromatic heterocycles. The first kappa shape index (κ1) is 25.7. The fourth-order valence-electron chi connectivity index (χ4n) is 3.34. The molecular weight excluding hydrogens is 540 g/mol. The van der Waals surface area contributed by atoms with Gasteiger partial charge in [0.05, 0.1) is 6.54 Å². The number of hydrogen-bond donors (Lipinski definition) is 2. The minimum Gasteiger partial charge on any atom is -0.369 e. The van der Waals surface area contributed by atoms with E-state index in [1.165, 1.54) is 5.69 Å². The molecule has 2 aromatic rings. The smallest absolute Gasteiger partial charge is 0.369 e. The molecule has 1 aliphatic rings. The van der Waals surface area contributed by atoms with Crippen LogP contribution in [-0.4, -0.2) is 61.7 Å². The number of thiazole rings is 1. The lowest BCUT2D eigenvalue weighted by atomic mass is 10.2. The summed E-state index contributed by atoms with van der Waals surface area (Å²) in [6.45, 7) is 6.96. The second-order valence-corrected chi connectivity index (χ2v) is 8.08. The van der Waals surface area contributed by atoms with E-state index in [9.17, 15) is 13.2 Å². The molecule has 1 atom stereocenters. The Kier molecular flexibility index (Phi) is 9.82. The summed E-state index contributed by atoms with van der Waals surface area (Å²) < 4.78 is 38.0. The second-order valence-electron chi connectivity index (χ2n) is 7.14. The van der Waals surface area contributed by atoms with Crippen LogP contribution in [0.25, 0.3) is 0 Å². The van der Waals surface area contributed by atoms with Crippen molar-refractivity contribution in [1.82, 2.24) is 20.5 Å². The second kappa shape index (κ2) is 11.9. The zero-order valence-electron chi connectivity index (χ0n) is 17.5. The predicted molar refractivity (Wildman–Crippen MR) is 130 cm³/mol. The molecule has 1 unspecified atom stereocenters. The number of benzene rings is 1. The molecule has 172 valence electrons. The Bertz CT molecular complexity index is 822. The highest BCUT2D eigenvalue weighted by molar-refractivity contribution is 14.0. The molecule has 0 aliphatic carbocycles. The van der Waals surface area contributed by atoms with Gasteiger partial charge in [-0.05, 0) is 19.1 Å². The zero-order valence-corrected chi connectivity index (χ0v) is 20.7. The average Bonchev–Trinajstić information content (AvgIpc) is 3.24. The molecular formula is C20H28F3IN6S. The van der Waals surface area contributed by atoms with Crippen LogP contribution in [0.15, 0.2) is 40.7 Å². The molecule has 6 nitrogen and oxygen atoms in total. The number of para-hydroxylation sites is 1. The van der Waals surface area contributed by atoms with Crippen LogP contribution in [0.2, 0.25) is 0 Å². The van der Waals surface area contributed by atoms with Crippen molar-refractivity contribution in [3.05, 3.63) is 46.4 Å². The van der Waals surface area contributed by atoms with Gasteiger partial charge in [0.25, 0.3) is 0 Å². The van der Waals surface area contributed by atoms with Crippen molar-refractivity contribution in [3.8, 4) is 0 Å². The standard InChI is InChI=1S/C20H27F3N6S.HI/c1-15(28-8-10-29(11-9-28)16-6-4-3-5-7-16)12-25-19(24-2)26-13-18-27-17(14-30-18)20(21,22)23;/h3-7,14-15H,8-13H2,1-2H3,(H2,24,25,26);1H. The Morgan fingerprint density at radius 2 is 1.84 bits per heavy atom. The van der Waals surface area contributed by atoms with Crippen LogP contribution in [0, 0.1) is 0 Å². The van der Waals surface area contributed by atoms with E-state index in [4.69, 9.17) is 0 Å². The fourth-order valence-corrected chi connectivity index (χ4v) is 4.08. The zero-order chi connectivity index (χ0) is 21.6. The Labute approximate surface area is 202 Å². The van der Waals surface area contributed by atoms with E-state index >= 15 is 0 Å². The van der Waals surface area contributed by atoms with Gasteiger partial charge < -0.3 is 15.5 Å². The average molecular weight is 568 g/mol. The van der Waals surface area contributed by atoms with Gasteiger partial charge in [-0.15, -0.1) is 35.3 Å². The molecule has 1 fully saturated rings. The maximum Gasteiger partial charge on any atom is 0.434 e. The van der Waals surface area contributed by atoms with Crippen LogP contribution in [0.3, 0.4) is 0 Å². The number of nitrogens with zero attached hydrogens (tertiary/aromatic N) is 4. The van der Waals surface area contributed by atoms with E-state index in [2.05, 4.69) is 61.6 Å². The molecule has 31 heavy (non-hydrogen) atoms. The summed E-state index contributed by atoms with van der Waals surface area (Å²) in [6, 6.07) is 10.7. The molecule has 0 spiro atoms. The van der Waals surface area contributed by atoms with Crippen LogP contribution >= 0.6 is 35.3 Å². The van der Waals surface area contributed by atoms with Crippen LogP contribution in [0.4, 0.5) is 18.9 Å². The monoisotopic (exact) mass is 568 g/mol. The van der Waals surface area contributed by atoms with Gasteiger partial charge in [-0.1, -0.05) is 18.2 Å². The van der Waals surface area contributed by atoms with Crippen molar-refractivity contribution in [3.63, 3.8) is 0 Å². The maximum atomic E-state index is 12.7. The molecule has 1 saturated heterocycles. The summed E-state index contributed by atoms with van der Waals surface area (Å²) >= 11 is 0.985. The molecule has 0 bridgehead atoms. The minimum absolute atomic E-state index is 0. The lowest BCUT2D eigenvalue weighted by molar-refractivity contribution is -0.140. The fraction of sp³-hybridized carbons (Fsp3) is 0.500. The van der Waals surface area contributed by atoms with Gasteiger partial charge in [-0.3, -0.25) is 9.89 Å². The van der Waals surface area contributed by atoms with Gasteiger partial charge >= 0.3 is 6.18 Å². The number of aromatic nitrogens is 1. The lowest BCUT2D eigenvalue weighted by Crippen LogP contribution is -2.53. The summed E-state index contributed by atoms with van der Waals surface area (Å²) in [6.07, 6.45) is -4.41. The molecule has 11 heteroatoms. The highest BCUT2D eigenvalue weighted by atomic mass is 127. The number of halogens is 4. The number of nitrogens with one attached hydrogen (secondary N) is 2. The Balaban J connectivity index is 0.00000341. The molecule has 3 rings (SSSR count). The van der Waals surface area contributed by atoms with Crippen LogP contribution in [0.5, 0.6) is 0 Å². The van der Waals surface area contributed by atoms with E-state index < -0.39 is 11.9 Å². The van der Waals surface area contributed by atoms with Gasteiger partial charge in [0.15, 0.2) is 11.7 Å². The highest BCUT2D eigenvalue weighted by Gasteiger charge is 2.33. The van der Waals surface area contributed by atoms with Crippen LogP contribution in [0.1, 0.15) is 17.6 Å². The van der Waals surface area contributed by atoms with Gasteiger partial charge in [0.2, 0.25) is 0 Å². The third-order valence-electron chi connectivity index (χ3n) is 5.10. The molecule has 0 amide bonds. The SMILES string of the molecule is CN=C(NCc1nc(C(F)(F)F)cs1)NCC(C)N1CCN(c2ccccc2)CC1.I. The third kappa shape index (κ3) is 7.49. The molecule has 0 saturated carbocycles. The number of alkyl halides is 3. The number of aliphatic imine (C=N–C) groups is 1. The van der Waals surface area contributed by atoms with Crippen molar-refractivity contribution in [1.29, 1.82) is 0 Å². The number of anilines is 1. The molecule has 1 aromatic carbocycles. The number of guanidine groups is 1. The topological polar surface area (TPSA) is 55.8 Å². The van der Waals surface area contributed by atoms with Crippen LogP contribution in [-0.2, 0) is 12.7 Å². The van der Waals surface area contributed by atoms with E-state index in [0.717, 1.165) is 42.9 Å². The highest BCUT2D eigenvalue weighted by Crippen LogP contribution is 2.29. The normalized spacial score (nSPS) is 16.5. The number of hydrogen-bond acceptors (Lipinski definition) is 5. The Hall–Kier alpha value is -1.60. The van der Waals surface area contributed by atoms with Crippen molar-refractivity contribution >= 4 is 47.0 Å². The van der Waals surface area contributed by atoms with Gasteiger partial charge in [0.1, 0.15) is 5.01 Å². The van der Waals surface area contributed by atoms with Gasteiger partial charge in [-0.2, -0.15) is 13.2 Å². The van der Waals surface area contributed by atoms with Crippen molar-refractivity contribution in [2.24, 2.45) is 4.99 Å². The third-order valence-corrected chi connectivity index (χ3v) is 5.95. The Morgan fingerprint density at radius 3 is 2.42 bits per heavy atom. The predicted octanol–water partition coefficient (Wildman–Crippen LogP) is 3.66. The first-order valence-corrected chi connectivity index (χ1v) is 10.7. The van der Waals surface area contributed by atoms with E-state index in [1.54, 1.807) is 7.05 Å². The first-order chi connectivity index (χ1) is 14.4. The summed E-state index contributed by atoms with van der Waals surface area (Å²) in [7, 11) is 1.64. The summed E-state index contributed by atoms with van der Waals surface area (Å²) in [5.74, 6) is 0.550. The maximum absolute atomic E-state index is 12.7.